The van der Waals surface area contributed by atoms with Crippen LogP contribution in [0.25, 0.3) is 0 Å². The normalized spacial score (nSPS) is 10.3. The molecular formula is C13H17N5O2. The van der Waals surface area contributed by atoms with Crippen LogP contribution in [0.4, 0.5) is 11.4 Å². The first-order chi connectivity index (χ1) is 9.65. The number of nitrogens with one attached hydrogen (secondary N) is 1. The second-order valence-electron chi connectivity index (χ2n) is 4.18. The number of methoxy groups -OCH3 is 1. The highest BCUT2D eigenvalue weighted by Crippen LogP contribution is 2.19. The second kappa shape index (κ2) is 6.05. The molecule has 0 saturated carbocycles. The van der Waals surface area contributed by atoms with E-state index < -0.39 is 5.97 Å². The van der Waals surface area contributed by atoms with E-state index in [0.29, 0.717) is 17.8 Å². The number of aryl methyl sites for hydroxylation is 1. The van der Waals surface area contributed by atoms with Crippen molar-refractivity contribution in [2.24, 2.45) is 0 Å². The summed E-state index contributed by atoms with van der Waals surface area (Å²) < 4.78 is 6.62. The standard InChI is InChI=1S/C13H17N5O2/c1-3-18-8-16-17-12(18)7-15-9-4-5-11(14)10(6-9)13(19)20-2/h4-6,8,15H,3,7,14H2,1-2H3. The quantitative estimate of drug-likeness (QED) is 0.630. The smallest absolute Gasteiger partial charge is 0.340 e. The highest BCUT2D eigenvalue weighted by atomic mass is 16.5. The first-order valence-electron chi connectivity index (χ1n) is 6.24. The van der Waals surface area contributed by atoms with Crippen LogP contribution in [0.3, 0.4) is 0 Å². The van der Waals surface area contributed by atoms with Gasteiger partial charge in [0.2, 0.25) is 0 Å². The lowest BCUT2D eigenvalue weighted by atomic mass is 10.1. The molecule has 1 aromatic heterocycles. The molecule has 0 atom stereocenters. The Labute approximate surface area is 116 Å². The number of hydrogen-bond acceptors (Lipinski definition) is 6. The van der Waals surface area contributed by atoms with E-state index in [9.17, 15) is 4.79 Å². The Kier molecular flexibility index (Phi) is 4.19. The Balaban J connectivity index is 2.12. The van der Waals surface area contributed by atoms with Gasteiger partial charge in [0, 0.05) is 17.9 Å². The highest BCUT2D eigenvalue weighted by Gasteiger charge is 2.11. The number of anilines is 2. The Morgan fingerprint density at radius 2 is 2.30 bits per heavy atom. The minimum Gasteiger partial charge on any atom is -0.465 e. The number of ether oxygens (including phenoxy) is 1. The van der Waals surface area contributed by atoms with Crippen LogP contribution in [0, 0.1) is 0 Å². The zero-order valence-corrected chi connectivity index (χ0v) is 11.5. The third kappa shape index (κ3) is 2.87. The van der Waals surface area contributed by atoms with Crippen LogP contribution in [0.2, 0.25) is 0 Å². The van der Waals surface area contributed by atoms with E-state index in [0.717, 1.165) is 18.1 Å². The maximum Gasteiger partial charge on any atom is 0.340 e. The van der Waals surface area contributed by atoms with Crippen LogP contribution < -0.4 is 11.1 Å². The number of rotatable bonds is 5. The van der Waals surface area contributed by atoms with Crippen molar-refractivity contribution in [1.82, 2.24) is 14.8 Å². The van der Waals surface area contributed by atoms with E-state index in [4.69, 9.17) is 5.73 Å². The maximum atomic E-state index is 11.6. The summed E-state index contributed by atoms with van der Waals surface area (Å²) in [5.74, 6) is 0.367. The van der Waals surface area contributed by atoms with Crippen molar-refractivity contribution in [2.75, 3.05) is 18.2 Å². The zero-order valence-electron chi connectivity index (χ0n) is 11.5. The molecule has 0 spiro atoms. The van der Waals surface area contributed by atoms with E-state index in [1.165, 1.54) is 7.11 Å². The zero-order chi connectivity index (χ0) is 14.5. The number of benzene rings is 1. The number of esters is 1. The number of hydrogen-bond donors (Lipinski definition) is 2. The van der Waals surface area contributed by atoms with Crippen molar-refractivity contribution >= 4 is 17.3 Å². The number of nitrogens with two attached hydrogens (primary N) is 1. The average Bonchev–Trinajstić information content (AvgIpc) is 2.93. The molecule has 0 fully saturated rings. The minimum atomic E-state index is -0.456. The van der Waals surface area contributed by atoms with Gasteiger partial charge in [-0.05, 0) is 25.1 Å². The SMILES string of the molecule is CCn1cnnc1CNc1ccc(N)c(C(=O)OC)c1. The Morgan fingerprint density at radius 1 is 1.50 bits per heavy atom. The van der Waals surface area contributed by atoms with E-state index in [2.05, 4.69) is 20.3 Å². The Hall–Kier alpha value is -2.57. The Bertz CT molecular complexity index is 609. The van der Waals surface area contributed by atoms with Gasteiger partial charge in [0.05, 0.1) is 19.2 Å². The van der Waals surface area contributed by atoms with E-state index in [1.54, 1.807) is 24.5 Å². The average molecular weight is 275 g/mol. The molecule has 1 aromatic carbocycles. The first-order valence-corrected chi connectivity index (χ1v) is 6.24. The third-order valence-corrected chi connectivity index (χ3v) is 2.95. The van der Waals surface area contributed by atoms with E-state index >= 15 is 0 Å². The van der Waals surface area contributed by atoms with Gasteiger partial charge in [0.1, 0.15) is 6.33 Å². The van der Waals surface area contributed by atoms with Crippen molar-refractivity contribution in [3.63, 3.8) is 0 Å². The molecule has 7 heteroatoms. The number of aromatic nitrogens is 3. The molecule has 20 heavy (non-hydrogen) atoms. The largest absolute Gasteiger partial charge is 0.465 e. The molecule has 0 saturated heterocycles. The Morgan fingerprint density at radius 3 is 3.00 bits per heavy atom. The van der Waals surface area contributed by atoms with Crippen LogP contribution >= 0.6 is 0 Å². The molecule has 7 nitrogen and oxygen atoms in total. The first kappa shape index (κ1) is 13.9. The van der Waals surface area contributed by atoms with Crippen molar-refractivity contribution in [1.29, 1.82) is 0 Å². The number of carbonyl (C=O) groups is 1. The predicted octanol–water partition coefficient (Wildman–Crippen LogP) is 1.28. The molecule has 2 rings (SSSR count). The third-order valence-electron chi connectivity index (χ3n) is 2.95. The van der Waals surface area contributed by atoms with Crippen LogP contribution in [-0.2, 0) is 17.8 Å². The van der Waals surface area contributed by atoms with E-state index in [-0.39, 0.29) is 0 Å². The molecule has 0 radical (unpaired) electrons. The second-order valence-corrected chi connectivity index (χ2v) is 4.18. The summed E-state index contributed by atoms with van der Waals surface area (Å²) in [5.41, 5.74) is 7.25. The fourth-order valence-corrected chi connectivity index (χ4v) is 1.81. The summed E-state index contributed by atoms with van der Waals surface area (Å²) in [6.07, 6.45) is 1.68. The van der Waals surface area contributed by atoms with Gasteiger partial charge in [0.15, 0.2) is 5.82 Å². The summed E-state index contributed by atoms with van der Waals surface area (Å²) in [5, 5.41) is 11.1. The minimum absolute atomic E-state index is 0.342. The van der Waals surface area contributed by atoms with Crippen LogP contribution in [0.15, 0.2) is 24.5 Å². The van der Waals surface area contributed by atoms with Crippen LogP contribution in [-0.4, -0.2) is 27.8 Å². The van der Waals surface area contributed by atoms with Gasteiger partial charge in [0.25, 0.3) is 0 Å². The van der Waals surface area contributed by atoms with Crippen LogP contribution in [0.5, 0.6) is 0 Å². The topological polar surface area (TPSA) is 95.1 Å². The van der Waals surface area contributed by atoms with Gasteiger partial charge < -0.3 is 20.4 Å². The number of nitrogens with zero attached hydrogens (tertiary/aromatic N) is 3. The van der Waals surface area contributed by atoms with Crippen molar-refractivity contribution in [3.05, 3.63) is 35.9 Å². The monoisotopic (exact) mass is 275 g/mol. The molecule has 1 heterocycles. The molecule has 0 aliphatic heterocycles. The summed E-state index contributed by atoms with van der Waals surface area (Å²) in [7, 11) is 1.32. The summed E-state index contributed by atoms with van der Waals surface area (Å²) >= 11 is 0. The molecule has 0 aliphatic rings. The van der Waals surface area contributed by atoms with E-state index in [1.807, 2.05) is 11.5 Å². The molecule has 0 amide bonds. The van der Waals surface area contributed by atoms with Gasteiger partial charge in [-0.2, -0.15) is 0 Å². The van der Waals surface area contributed by atoms with Crippen molar-refractivity contribution < 1.29 is 9.53 Å². The number of carbonyl (C=O) groups excluding carboxylic acids is 1. The molecular weight excluding hydrogens is 258 g/mol. The molecule has 0 unspecified atom stereocenters. The van der Waals surface area contributed by atoms with Gasteiger partial charge in [-0.15, -0.1) is 10.2 Å². The molecule has 3 N–H and O–H groups in total. The summed E-state index contributed by atoms with van der Waals surface area (Å²) in [6.45, 7) is 3.34. The fourth-order valence-electron chi connectivity index (χ4n) is 1.81. The van der Waals surface area contributed by atoms with Crippen molar-refractivity contribution in [3.8, 4) is 0 Å². The molecule has 0 aliphatic carbocycles. The fraction of sp³-hybridized carbons (Fsp3) is 0.308. The molecule has 0 bridgehead atoms. The summed E-state index contributed by atoms with van der Waals surface area (Å²) in [6, 6.07) is 5.13. The van der Waals surface area contributed by atoms with Gasteiger partial charge in [-0.1, -0.05) is 0 Å². The van der Waals surface area contributed by atoms with Crippen molar-refractivity contribution in [2.45, 2.75) is 20.0 Å². The van der Waals surface area contributed by atoms with Gasteiger partial charge in [-0.3, -0.25) is 0 Å². The summed E-state index contributed by atoms with van der Waals surface area (Å²) in [4.78, 5) is 11.6. The molecule has 106 valence electrons. The van der Waals surface area contributed by atoms with Gasteiger partial charge >= 0.3 is 5.97 Å². The lowest BCUT2D eigenvalue weighted by Crippen LogP contribution is -2.09. The maximum absolute atomic E-state index is 11.6. The highest BCUT2D eigenvalue weighted by molar-refractivity contribution is 5.96. The number of nitrogen functional groups attached to an aromatic ring is 1. The van der Waals surface area contributed by atoms with Crippen LogP contribution in [0.1, 0.15) is 23.1 Å². The lowest BCUT2D eigenvalue weighted by Gasteiger charge is -2.10. The predicted molar refractivity (Wildman–Crippen MR) is 75.2 cm³/mol. The lowest BCUT2D eigenvalue weighted by molar-refractivity contribution is 0.0602. The van der Waals surface area contributed by atoms with Gasteiger partial charge in [-0.25, -0.2) is 4.79 Å². The molecule has 2 aromatic rings.